The standard InChI is InChI=1S/C22H28FN3O4S/c1-6-29-20(27)17-13(3)26-16(12-31-22(24-4)25-5)19(21(28)30-7-2)18(17)14-8-10-15(23)11-9-14/h8-11,18,26H,6-7,12H2,1-5H3,(H,24,25). The number of nitrogens with one attached hydrogen (secondary N) is 2. The highest BCUT2D eigenvalue weighted by molar-refractivity contribution is 8.13. The molecule has 7 nitrogen and oxygen atoms in total. The van der Waals surface area contributed by atoms with E-state index in [2.05, 4.69) is 15.6 Å². The summed E-state index contributed by atoms with van der Waals surface area (Å²) in [6, 6.07) is 5.73. The van der Waals surface area contributed by atoms with E-state index in [-0.39, 0.29) is 13.2 Å². The predicted octanol–water partition coefficient (Wildman–Crippen LogP) is 3.11. The lowest BCUT2D eigenvalue weighted by molar-refractivity contribution is -0.139. The van der Waals surface area contributed by atoms with Crippen molar-refractivity contribution in [3.63, 3.8) is 0 Å². The second-order valence-electron chi connectivity index (χ2n) is 6.55. The van der Waals surface area contributed by atoms with Crippen LogP contribution >= 0.6 is 11.8 Å². The van der Waals surface area contributed by atoms with E-state index < -0.39 is 23.7 Å². The van der Waals surface area contributed by atoms with E-state index in [1.165, 1.54) is 23.9 Å². The Bertz CT molecular complexity index is 910. The Balaban J connectivity index is 2.65. The molecule has 2 N–H and O–H groups in total. The van der Waals surface area contributed by atoms with Crippen molar-refractivity contribution in [1.82, 2.24) is 10.6 Å². The van der Waals surface area contributed by atoms with Crippen LogP contribution in [0.2, 0.25) is 0 Å². The van der Waals surface area contributed by atoms with E-state index in [0.717, 1.165) is 0 Å². The van der Waals surface area contributed by atoms with E-state index in [1.54, 1.807) is 47.0 Å². The topological polar surface area (TPSA) is 89.0 Å². The first-order chi connectivity index (χ1) is 14.9. The number of halogens is 1. The molecule has 0 radical (unpaired) electrons. The summed E-state index contributed by atoms with van der Waals surface area (Å²) in [6.45, 7) is 5.54. The minimum Gasteiger partial charge on any atom is -0.463 e. The number of rotatable bonds is 7. The largest absolute Gasteiger partial charge is 0.463 e. The van der Waals surface area contributed by atoms with Crippen LogP contribution in [0.3, 0.4) is 0 Å². The molecule has 0 saturated carbocycles. The number of carbonyl (C=O) groups is 2. The van der Waals surface area contributed by atoms with Crippen molar-refractivity contribution < 1.29 is 23.5 Å². The molecule has 168 valence electrons. The summed E-state index contributed by atoms with van der Waals surface area (Å²) in [5.74, 6) is -1.87. The molecule has 9 heteroatoms. The van der Waals surface area contributed by atoms with Gasteiger partial charge in [0.25, 0.3) is 0 Å². The third-order valence-electron chi connectivity index (χ3n) is 4.61. The third-order valence-corrected chi connectivity index (χ3v) is 5.70. The molecule has 0 spiro atoms. The summed E-state index contributed by atoms with van der Waals surface area (Å²) in [5.41, 5.74) is 2.34. The third kappa shape index (κ3) is 5.88. The maximum atomic E-state index is 13.6. The van der Waals surface area contributed by atoms with Gasteiger partial charge < -0.3 is 20.1 Å². The van der Waals surface area contributed by atoms with E-state index in [4.69, 9.17) is 9.47 Å². The van der Waals surface area contributed by atoms with Gasteiger partial charge in [-0.3, -0.25) is 4.99 Å². The Kier molecular flexibility index (Phi) is 9.11. The van der Waals surface area contributed by atoms with Crippen LogP contribution in [0, 0.1) is 5.82 Å². The smallest absolute Gasteiger partial charge is 0.336 e. The van der Waals surface area contributed by atoms with Gasteiger partial charge in [-0.05, 0) is 38.5 Å². The summed E-state index contributed by atoms with van der Waals surface area (Å²) in [7, 11) is 3.43. The Morgan fingerprint density at radius 1 is 1.13 bits per heavy atom. The van der Waals surface area contributed by atoms with Crippen molar-refractivity contribution in [3.05, 3.63) is 58.2 Å². The van der Waals surface area contributed by atoms with E-state index >= 15 is 0 Å². The van der Waals surface area contributed by atoms with Crippen LogP contribution in [0.4, 0.5) is 4.39 Å². The fourth-order valence-corrected chi connectivity index (χ4v) is 4.10. The van der Waals surface area contributed by atoms with Crippen molar-refractivity contribution >= 4 is 28.9 Å². The summed E-state index contributed by atoms with van der Waals surface area (Å²) in [6.07, 6.45) is 0. The van der Waals surface area contributed by atoms with Crippen molar-refractivity contribution in [3.8, 4) is 0 Å². The zero-order valence-corrected chi connectivity index (χ0v) is 19.2. The second-order valence-corrected chi connectivity index (χ2v) is 7.51. The molecule has 0 aromatic heterocycles. The van der Waals surface area contributed by atoms with Gasteiger partial charge in [0.1, 0.15) is 5.82 Å². The SMILES string of the molecule is CCOC(=O)C1=C(C)NC(CSC(=NC)NC)=C(C(=O)OCC)C1c1ccc(F)cc1. The number of ether oxygens (including phenoxy) is 2. The van der Waals surface area contributed by atoms with Crippen LogP contribution in [0.25, 0.3) is 0 Å². The Morgan fingerprint density at radius 2 is 1.71 bits per heavy atom. The molecule has 0 bridgehead atoms. The van der Waals surface area contributed by atoms with Crippen LogP contribution in [-0.2, 0) is 19.1 Å². The molecule has 31 heavy (non-hydrogen) atoms. The molecule has 0 fully saturated rings. The summed E-state index contributed by atoms with van der Waals surface area (Å²) in [5, 5.41) is 6.86. The number of amidine groups is 1. The van der Waals surface area contributed by atoms with Gasteiger partial charge in [-0.1, -0.05) is 23.9 Å². The molecule has 1 atom stereocenters. The number of allylic oxidation sites excluding steroid dienone is 1. The molecule has 0 amide bonds. The molecule has 1 aliphatic rings. The molecule has 0 saturated heterocycles. The average Bonchev–Trinajstić information content (AvgIpc) is 2.74. The molecule has 0 aliphatic carbocycles. The Morgan fingerprint density at radius 3 is 2.23 bits per heavy atom. The number of esters is 2. The number of carbonyl (C=O) groups excluding carboxylic acids is 2. The number of nitrogens with zero attached hydrogens (tertiary/aromatic N) is 1. The van der Waals surface area contributed by atoms with Gasteiger partial charge in [-0.15, -0.1) is 0 Å². The summed E-state index contributed by atoms with van der Waals surface area (Å²) in [4.78, 5) is 30.0. The lowest BCUT2D eigenvalue weighted by Crippen LogP contribution is -2.34. The highest BCUT2D eigenvalue weighted by Crippen LogP contribution is 2.40. The number of aliphatic imine (C=N–C) groups is 1. The van der Waals surface area contributed by atoms with Gasteiger partial charge in [-0.2, -0.15) is 0 Å². The lowest BCUT2D eigenvalue weighted by Gasteiger charge is -2.31. The minimum absolute atomic E-state index is 0.175. The minimum atomic E-state index is -0.757. The number of hydrogen-bond acceptors (Lipinski definition) is 7. The Hall–Kier alpha value is -2.81. The Labute approximate surface area is 186 Å². The first-order valence-corrected chi connectivity index (χ1v) is 10.9. The second kappa shape index (κ2) is 11.5. The van der Waals surface area contributed by atoms with Gasteiger partial charge >= 0.3 is 11.9 Å². The quantitative estimate of drug-likeness (QED) is 0.376. The molecule has 1 aromatic carbocycles. The summed E-state index contributed by atoms with van der Waals surface area (Å²) >= 11 is 1.40. The van der Waals surface area contributed by atoms with E-state index in [1.807, 2.05) is 0 Å². The maximum absolute atomic E-state index is 13.6. The number of dihydropyridines is 1. The van der Waals surface area contributed by atoms with Crippen LogP contribution in [-0.4, -0.2) is 50.2 Å². The van der Waals surface area contributed by atoms with Crippen molar-refractivity contribution in [2.75, 3.05) is 33.1 Å². The average molecular weight is 450 g/mol. The highest BCUT2D eigenvalue weighted by atomic mass is 32.2. The van der Waals surface area contributed by atoms with Crippen LogP contribution in [0.5, 0.6) is 0 Å². The molecular formula is C22H28FN3O4S. The maximum Gasteiger partial charge on any atom is 0.336 e. The van der Waals surface area contributed by atoms with Gasteiger partial charge in [-0.25, -0.2) is 14.0 Å². The van der Waals surface area contributed by atoms with Gasteiger partial charge in [0.2, 0.25) is 0 Å². The monoisotopic (exact) mass is 449 g/mol. The van der Waals surface area contributed by atoms with Gasteiger partial charge in [0.05, 0.1) is 30.3 Å². The number of thioether (sulfide) groups is 1. The zero-order valence-electron chi connectivity index (χ0n) is 18.4. The van der Waals surface area contributed by atoms with Crippen molar-refractivity contribution in [2.45, 2.75) is 26.7 Å². The first-order valence-electron chi connectivity index (χ1n) is 9.95. The fourth-order valence-electron chi connectivity index (χ4n) is 3.32. The lowest BCUT2D eigenvalue weighted by atomic mass is 9.80. The molecule has 1 aliphatic heterocycles. The van der Waals surface area contributed by atoms with E-state index in [9.17, 15) is 14.0 Å². The number of benzene rings is 1. The number of hydrogen-bond donors (Lipinski definition) is 2. The normalized spacial score (nSPS) is 16.7. The molecule has 1 unspecified atom stereocenters. The van der Waals surface area contributed by atoms with Gasteiger partial charge in [0, 0.05) is 31.2 Å². The van der Waals surface area contributed by atoms with Crippen LogP contribution in [0.15, 0.2) is 51.8 Å². The molecular weight excluding hydrogens is 421 g/mol. The molecule has 2 rings (SSSR count). The van der Waals surface area contributed by atoms with Crippen LogP contribution < -0.4 is 10.6 Å². The summed E-state index contributed by atoms with van der Waals surface area (Å²) < 4.78 is 24.2. The van der Waals surface area contributed by atoms with Gasteiger partial charge in [0.15, 0.2) is 5.17 Å². The molecule has 1 aromatic rings. The van der Waals surface area contributed by atoms with Crippen molar-refractivity contribution in [2.24, 2.45) is 4.99 Å². The first kappa shape index (κ1) is 24.5. The zero-order chi connectivity index (χ0) is 23.0. The molecule has 1 heterocycles. The van der Waals surface area contributed by atoms with Crippen LogP contribution in [0.1, 0.15) is 32.3 Å². The predicted molar refractivity (Wildman–Crippen MR) is 120 cm³/mol. The van der Waals surface area contributed by atoms with Crippen molar-refractivity contribution in [1.29, 1.82) is 0 Å². The highest BCUT2D eigenvalue weighted by Gasteiger charge is 2.38. The fraction of sp³-hybridized carbons (Fsp3) is 0.409. The van der Waals surface area contributed by atoms with E-state index in [0.29, 0.717) is 39.0 Å².